The van der Waals surface area contributed by atoms with Crippen molar-refractivity contribution in [2.24, 2.45) is 0 Å². The molecule has 74 valence electrons. The Balaban J connectivity index is 3.09. The Morgan fingerprint density at radius 3 is 2.43 bits per heavy atom. The number of anilines is 1. The van der Waals surface area contributed by atoms with Gasteiger partial charge in [0.2, 0.25) is 0 Å². The molecule has 1 unspecified atom stereocenters. The van der Waals surface area contributed by atoms with Crippen molar-refractivity contribution < 1.29 is 13.2 Å². The Labute approximate surface area is 78.8 Å². The zero-order chi connectivity index (χ0) is 10.8. The van der Waals surface area contributed by atoms with E-state index in [1.807, 2.05) is 0 Å². The fourth-order valence-corrected chi connectivity index (χ4v) is 1.08. The number of alkyl halides is 3. The number of nitrogen functional groups attached to an aromatic ring is 1. The van der Waals surface area contributed by atoms with Gasteiger partial charge >= 0.3 is 6.18 Å². The maximum atomic E-state index is 12.3. The highest BCUT2D eigenvalue weighted by Crippen LogP contribution is 2.34. The molecule has 0 saturated carbocycles. The first-order valence-corrected chi connectivity index (χ1v) is 3.77. The molecule has 0 bridgehead atoms. The van der Waals surface area contributed by atoms with Crippen LogP contribution in [0.25, 0.3) is 0 Å². The molecule has 0 radical (unpaired) electrons. The van der Waals surface area contributed by atoms with Crippen molar-refractivity contribution in [2.45, 2.75) is 12.1 Å². The lowest BCUT2D eigenvalue weighted by atomic mass is 10.00. The molecule has 1 aromatic rings. The average Bonchev–Trinajstić information content (AvgIpc) is 2.02. The summed E-state index contributed by atoms with van der Waals surface area (Å²) in [7, 11) is 0. The Bertz CT molecular complexity index is 365. The van der Waals surface area contributed by atoms with E-state index in [0.717, 1.165) is 6.07 Å². The van der Waals surface area contributed by atoms with Crippen molar-refractivity contribution in [3.63, 3.8) is 0 Å². The topological polar surface area (TPSA) is 49.8 Å². The fourth-order valence-electron chi connectivity index (χ4n) is 1.08. The molecule has 0 aliphatic rings. The van der Waals surface area contributed by atoms with E-state index in [-0.39, 0.29) is 11.3 Å². The van der Waals surface area contributed by atoms with Crippen molar-refractivity contribution in [2.75, 3.05) is 5.73 Å². The maximum Gasteiger partial charge on any atom is 0.408 e. The fraction of sp³-hybridized carbons (Fsp3) is 0.222. The van der Waals surface area contributed by atoms with Crippen LogP contribution >= 0.6 is 0 Å². The highest BCUT2D eigenvalue weighted by molar-refractivity contribution is 5.43. The molecule has 0 amide bonds. The van der Waals surface area contributed by atoms with Crippen LogP contribution in [-0.4, -0.2) is 6.18 Å². The molecule has 5 heteroatoms. The van der Waals surface area contributed by atoms with E-state index in [9.17, 15) is 13.2 Å². The smallest absolute Gasteiger partial charge is 0.399 e. The van der Waals surface area contributed by atoms with Crippen LogP contribution < -0.4 is 5.73 Å². The summed E-state index contributed by atoms with van der Waals surface area (Å²) in [5, 5.41) is 8.40. The van der Waals surface area contributed by atoms with Gasteiger partial charge in [-0.25, -0.2) is 0 Å². The predicted molar refractivity (Wildman–Crippen MR) is 45.3 cm³/mol. The monoisotopic (exact) mass is 200 g/mol. The van der Waals surface area contributed by atoms with E-state index in [0.29, 0.717) is 0 Å². The molecule has 0 aromatic heterocycles. The summed E-state index contributed by atoms with van der Waals surface area (Å²) in [6, 6.07) is 6.45. The lowest BCUT2D eigenvalue weighted by molar-refractivity contribution is -0.137. The molecule has 14 heavy (non-hydrogen) atoms. The summed E-state index contributed by atoms with van der Waals surface area (Å²) >= 11 is 0. The van der Waals surface area contributed by atoms with E-state index >= 15 is 0 Å². The van der Waals surface area contributed by atoms with Gasteiger partial charge in [-0.3, -0.25) is 0 Å². The minimum Gasteiger partial charge on any atom is -0.399 e. The van der Waals surface area contributed by atoms with Gasteiger partial charge in [0, 0.05) is 5.69 Å². The van der Waals surface area contributed by atoms with Gasteiger partial charge < -0.3 is 5.73 Å². The Morgan fingerprint density at radius 2 is 2.00 bits per heavy atom. The molecule has 1 rings (SSSR count). The van der Waals surface area contributed by atoms with Gasteiger partial charge in [-0.05, 0) is 17.7 Å². The normalized spacial score (nSPS) is 13.3. The van der Waals surface area contributed by atoms with Crippen molar-refractivity contribution in [3.8, 4) is 6.07 Å². The van der Waals surface area contributed by atoms with Crippen LogP contribution in [0, 0.1) is 11.3 Å². The van der Waals surface area contributed by atoms with E-state index in [1.54, 1.807) is 0 Å². The van der Waals surface area contributed by atoms with Gasteiger partial charge in [0.25, 0.3) is 0 Å². The largest absolute Gasteiger partial charge is 0.408 e. The molecule has 1 atom stereocenters. The van der Waals surface area contributed by atoms with Crippen molar-refractivity contribution in [1.29, 1.82) is 5.26 Å². The van der Waals surface area contributed by atoms with Gasteiger partial charge in [-0.1, -0.05) is 12.1 Å². The lowest BCUT2D eigenvalue weighted by Crippen LogP contribution is -2.19. The van der Waals surface area contributed by atoms with Crippen molar-refractivity contribution in [3.05, 3.63) is 29.8 Å². The lowest BCUT2D eigenvalue weighted by Gasteiger charge is -2.13. The van der Waals surface area contributed by atoms with Crippen molar-refractivity contribution >= 4 is 5.69 Å². The molecular weight excluding hydrogens is 193 g/mol. The SMILES string of the molecule is N#CC(c1cccc(N)c1)C(F)(F)F. The molecule has 1 aromatic carbocycles. The van der Waals surface area contributed by atoms with Gasteiger partial charge in [-0.15, -0.1) is 0 Å². The number of nitrogens with two attached hydrogens (primary N) is 1. The van der Waals surface area contributed by atoms with Gasteiger partial charge in [0.05, 0.1) is 6.07 Å². The summed E-state index contributed by atoms with van der Waals surface area (Å²) in [4.78, 5) is 0. The van der Waals surface area contributed by atoms with Crippen LogP contribution in [-0.2, 0) is 0 Å². The zero-order valence-corrected chi connectivity index (χ0v) is 7.05. The van der Waals surface area contributed by atoms with Crippen LogP contribution in [0.3, 0.4) is 0 Å². The number of halogens is 3. The van der Waals surface area contributed by atoms with E-state index < -0.39 is 12.1 Å². The van der Waals surface area contributed by atoms with Gasteiger partial charge in [0.1, 0.15) is 0 Å². The quantitative estimate of drug-likeness (QED) is 0.708. The molecule has 0 aliphatic carbocycles. The van der Waals surface area contributed by atoms with Crippen LogP contribution in [0.15, 0.2) is 24.3 Å². The first-order valence-electron chi connectivity index (χ1n) is 3.77. The molecule has 2 nitrogen and oxygen atoms in total. The summed E-state index contributed by atoms with van der Waals surface area (Å²) in [5.74, 6) is -2.11. The summed E-state index contributed by atoms with van der Waals surface area (Å²) in [6.07, 6.45) is -4.55. The first-order chi connectivity index (χ1) is 6.45. The Hall–Kier alpha value is -1.70. The van der Waals surface area contributed by atoms with Crippen molar-refractivity contribution in [1.82, 2.24) is 0 Å². The van der Waals surface area contributed by atoms with Crippen LogP contribution in [0.1, 0.15) is 11.5 Å². The highest BCUT2D eigenvalue weighted by atomic mass is 19.4. The minimum atomic E-state index is -4.55. The molecule has 2 N–H and O–H groups in total. The summed E-state index contributed by atoms with van der Waals surface area (Å²) in [5.41, 5.74) is 5.41. The number of hydrogen-bond donors (Lipinski definition) is 1. The second kappa shape index (κ2) is 3.58. The third-order valence-corrected chi connectivity index (χ3v) is 1.70. The Kier molecular flexibility index (Phi) is 2.65. The summed E-state index contributed by atoms with van der Waals surface area (Å²) in [6.45, 7) is 0. The van der Waals surface area contributed by atoms with Crippen LogP contribution in [0.5, 0.6) is 0 Å². The maximum absolute atomic E-state index is 12.3. The van der Waals surface area contributed by atoms with Gasteiger partial charge in [-0.2, -0.15) is 18.4 Å². The average molecular weight is 200 g/mol. The third-order valence-electron chi connectivity index (χ3n) is 1.70. The predicted octanol–water partition coefficient (Wildman–Crippen LogP) is 2.44. The van der Waals surface area contributed by atoms with E-state index in [4.69, 9.17) is 11.0 Å². The molecule has 0 fully saturated rings. The van der Waals surface area contributed by atoms with Crippen LogP contribution in [0.2, 0.25) is 0 Å². The number of nitrogens with zero attached hydrogens (tertiary/aromatic N) is 1. The number of nitriles is 1. The molecule has 0 spiro atoms. The van der Waals surface area contributed by atoms with Gasteiger partial charge in [0.15, 0.2) is 5.92 Å². The number of rotatable bonds is 1. The molecular formula is C9H7F3N2. The molecule has 0 aliphatic heterocycles. The highest BCUT2D eigenvalue weighted by Gasteiger charge is 2.41. The molecule has 0 heterocycles. The second-order valence-electron chi connectivity index (χ2n) is 2.77. The van der Waals surface area contributed by atoms with Crippen LogP contribution in [0.4, 0.5) is 18.9 Å². The molecule has 0 saturated heterocycles. The van der Waals surface area contributed by atoms with E-state index in [1.165, 1.54) is 24.3 Å². The second-order valence-corrected chi connectivity index (χ2v) is 2.77. The minimum absolute atomic E-state index is 0.125. The number of benzene rings is 1. The zero-order valence-electron chi connectivity index (χ0n) is 7.05. The number of hydrogen-bond acceptors (Lipinski definition) is 2. The third kappa shape index (κ3) is 2.16. The van der Waals surface area contributed by atoms with E-state index in [2.05, 4.69) is 0 Å². The Morgan fingerprint density at radius 1 is 1.36 bits per heavy atom. The summed E-state index contributed by atoms with van der Waals surface area (Å²) < 4.78 is 36.8. The standard InChI is InChI=1S/C9H7F3N2/c10-9(11,12)8(5-13)6-2-1-3-7(14)4-6/h1-4,8H,14H2. The first kappa shape index (κ1) is 10.4.